The van der Waals surface area contributed by atoms with Crippen LogP contribution in [0.2, 0.25) is 0 Å². The van der Waals surface area contributed by atoms with Gasteiger partial charge in [0.25, 0.3) is 5.91 Å². The van der Waals surface area contributed by atoms with Gasteiger partial charge in [0.1, 0.15) is 23.5 Å². The molecule has 2 aromatic carbocycles. The van der Waals surface area contributed by atoms with Crippen molar-refractivity contribution >= 4 is 35.0 Å². The molecular weight excluding hydrogens is 719 g/mol. The van der Waals surface area contributed by atoms with Gasteiger partial charge in [-0.05, 0) is 67.3 Å². The molecule has 6 heterocycles. The van der Waals surface area contributed by atoms with Gasteiger partial charge in [-0.25, -0.2) is 0 Å². The van der Waals surface area contributed by atoms with Gasteiger partial charge in [-0.3, -0.25) is 33.7 Å². The van der Waals surface area contributed by atoms with Gasteiger partial charge in [0.15, 0.2) is 5.82 Å². The summed E-state index contributed by atoms with van der Waals surface area (Å²) < 4.78 is 15.4. The quantitative estimate of drug-likeness (QED) is 0.0885. The van der Waals surface area contributed by atoms with Crippen molar-refractivity contribution in [3.63, 3.8) is 0 Å². The van der Waals surface area contributed by atoms with Gasteiger partial charge >= 0.3 is 5.97 Å². The number of fused-ring (bicyclic) bond motifs is 4. The maximum Gasteiger partial charge on any atom is 0.305 e. The van der Waals surface area contributed by atoms with Crippen LogP contribution in [-0.2, 0) is 63.0 Å². The Labute approximate surface area is 321 Å². The van der Waals surface area contributed by atoms with Gasteiger partial charge < -0.3 is 14.4 Å². The number of nitrogens with zero attached hydrogens (tertiary/aromatic N) is 6. The monoisotopic (exact) mass is 757 g/mol. The second-order valence-corrected chi connectivity index (χ2v) is 14.9. The number of amides is 3. The average molecular weight is 758 g/mol. The molecule has 1 saturated heterocycles. The number of ether oxygens (including phenoxy) is 2. The fourth-order valence-corrected chi connectivity index (χ4v) is 8.63. The first-order valence-corrected chi connectivity index (χ1v) is 19.3. The molecule has 1 unspecified atom stereocenters. The van der Waals surface area contributed by atoms with Crippen molar-refractivity contribution < 1.29 is 28.7 Å². The number of benzene rings is 2. The number of esters is 1. The highest BCUT2D eigenvalue weighted by Gasteiger charge is 2.39. The molecule has 0 spiro atoms. The first-order chi connectivity index (χ1) is 26.8. The van der Waals surface area contributed by atoms with Crippen LogP contribution in [0, 0.1) is 18.8 Å². The lowest BCUT2D eigenvalue weighted by Gasteiger charge is -2.29. The zero-order valence-corrected chi connectivity index (χ0v) is 31.2. The van der Waals surface area contributed by atoms with Crippen LogP contribution in [0.15, 0.2) is 60.9 Å². The molecule has 280 valence electrons. The Kier molecular flexibility index (Phi) is 10.4. The molecule has 3 aliphatic rings. The van der Waals surface area contributed by atoms with E-state index in [9.17, 15) is 19.2 Å². The number of rotatable bonds is 11. The zero-order chi connectivity index (χ0) is 37.9. The second-order valence-electron chi connectivity index (χ2n) is 13.9. The summed E-state index contributed by atoms with van der Waals surface area (Å²) in [5, 5.41) is 16.5. The normalized spacial score (nSPS) is 16.1. The maximum absolute atomic E-state index is 13.1. The molecule has 0 bridgehead atoms. The van der Waals surface area contributed by atoms with E-state index in [1.165, 1.54) is 5.56 Å². The van der Waals surface area contributed by atoms with Gasteiger partial charge in [-0.15, -0.1) is 21.5 Å². The average Bonchev–Trinajstić information content (AvgIpc) is 3.93. The van der Waals surface area contributed by atoms with Gasteiger partial charge in [0.05, 0.1) is 29.9 Å². The molecule has 3 aliphatic heterocycles. The molecule has 3 amide bonds. The first-order valence-electron chi connectivity index (χ1n) is 18.5. The molecule has 13 nitrogen and oxygen atoms in total. The van der Waals surface area contributed by atoms with Crippen LogP contribution < -0.4 is 5.32 Å². The molecule has 3 aromatic heterocycles. The topological polar surface area (TPSA) is 151 Å². The van der Waals surface area contributed by atoms with Crippen LogP contribution in [0.25, 0.3) is 5.00 Å². The Morgan fingerprint density at radius 1 is 1.04 bits per heavy atom. The summed E-state index contributed by atoms with van der Waals surface area (Å²) in [7, 11) is 0. The largest absolute Gasteiger partial charge is 0.466 e. The molecule has 55 heavy (non-hydrogen) atoms. The van der Waals surface area contributed by atoms with Gasteiger partial charge in [-0.2, -0.15) is 5.10 Å². The number of hydrogen-bond acceptors (Lipinski definition) is 10. The molecule has 8 rings (SSSR count). The SMILES string of the molecule is Cc1nnc2n1-c1sc(C#Cc3cnn(CCCC(=O)OCCCc4cccc5c4CN(C4CCC(=O)NC4=O)C5=O)c3)c(Cc3ccccc3)c1COC2. The second kappa shape index (κ2) is 15.8. The molecule has 1 fully saturated rings. The summed E-state index contributed by atoms with van der Waals surface area (Å²) in [6.07, 6.45) is 6.95. The van der Waals surface area contributed by atoms with Gasteiger partial charge in [0, 0.05) is 43.3 Å². The van der Waals surface area contributed by atoms with Crippen LogP contribution >= 0.6 is 11.3 Å². The summed E-state index contributed by atoms with van der Waals surface area (Å²) >= 11 is 1.63. The number of thiophene rings is 1. The molecular formula is C41H39N7O6S. The number of hydrogen-bond donors (Lipinski definition) is 1. The lowest BCUT2D eigenvalue weighted by molar-refractivity contribution is -0.144. The van der Waals surface area contributed by atoms with E-state index in [-0.39, 0.29) is 37.2 Å². The van der Waals surface area contributed by atoms with Crippen LogP contribution in [0.1, 0.15) is 92.4 Å². The van der Waals surface area contributed by atoms with Crippen LogP contribution in [0.3, 0.4) is 0 Å². The standard InChI is InChI=1S/C41H39N7O6S/c1-26-44-45-36-25-53-24-33-31(20-27-8-3-2-4-9-27)35(55-41(33)48(26)36)16-14-28-21-42-46(22-28)18-6-13-38(50)54-19-7-11-29-10-5-12-30-32(29)23-47(40(30)52)34-15-17-37(49)43-39(34)51/h2-5,8-10,12,21-22,34H,6-7,11,13,15,17-20,23-25H2,1H3,(H,43,49,51). The highest BCUT2D eigenvalue weighted by atomic mass is 32.1. The molecule has 0 radical (unpaired) electrons. The van der Waals surface area contributed by atoms with Crippen molar-refractivity contribution in [1.82, 2.24) is 34.8 Å². The van der Waals surface area contributed by atoms with E-state index < -0.39 is 11.9 Å². The molecule has 0 aliphatic carbocycles. The Morgan fingerprint density at radius 3 is 2.76 bits per heavy atom. The Balaban J connectivity index is 0.836. The van der Waals surface area contributed by atoms with Crippen LogP contribution in [0.5, 0.6) is 0 Å². The molecule has 5 aromatic rings. The predicted molar refractivity (Wildman–Crippen MR) is 201 cm³/mol. The lowest BCUT2D eigenvalue weighted by Crippen LogP contribution is -2.52. The summed E-state index contributed by atoms with van der Waals surface area (Å²) in [4.78, 5) is 52.2. The van der Waals surface area contributed by atoms with E-state index in [0.29, 0.717) is 57.6 Å². The number of carbonyl (C=O) groups is 4. The Hall–Kier alpha value is -5.91. The van der Waals surface area contributed by atoms with E-state index in [1.54, 1.807) is 33.2 Å². The summed E-state index contributed by atoms with van der Waals surface area (Å²) in [5.74, 6) is 7.11. The van der Waals surface area contributed by atoms with E-state index >= 15 is 0 Å². The third-order valence-corrected chi connectivity index (χ3v) is 11.3. The molecule has 1 atom stereocenters. The highest BCUT2D eigenvalue weighted by molar-refractivity contribution is 7.15. The van der Waals surface area contributed by atoms with Crippen molar-refractivity contribution in [2.24, 2.45) is 0 Å². The Morgan fingerprint density at radius 2 is 1.91 bits per heavy atom. The van der Waals surface area contributed by atoms with Crippen LogP contribution in [-0.4, -0.2) is 65.8 Å². The molecule has 1 N–H and O–H groups in total. The summed E-state index contributed by atoms with van der Waals surface area (Å²) in [5.41, 5.74) is 6.69. The fraction of sp³-hybridized carbons (Fsp3) is 0.341. The maximum atomic E-state index is 13.1. The minimum Gasteiger partial charge on any atom is -0.466 e. The van der Waals surface area contributed by atoms with Gasteiger partial charge in [-0.1, -0.05) is 54.3 Å². The Bertz CT molecular complexity index is 2350. The minimum atomic E-state index is -0.654. The lowest BCUT2D eigenvalue weighted by atomic mass is 10.00. The van der Waals surface area contributed by atoms with Crippen LogP contribution in [0.4, 0.5) is 0 Å². The van der Waals surface area contributed by atoms with Crippen molar-refractivity contribution in [2.45, 2.75) is 84.2 Å². The number of aryl methyl sites for hydroxylation is 3. The van der Waals surface area contributed by atoms with Gasteiger partial charge in [0.2, 0.25) is 11.8 Å². The highest BCUT2D eigenvalue weighted by Crippen LogP contribution is 2.37. The van der Waals surface area contributed by atoms with Crippen molar-refractivity contribution in [3.05, 3.63) is 116 Å². The number of piperidine rings is 1. The number of aromatic nitrogens is 5. The number of carbonyl (C=O) groups excluding carboxylic acids is 4. The van der Waals surface area contributed by atoms with E-state index in [0.717, 1.165) is 55.8 Å². The van der Waals surface area contributed by atoms with E-state index in [1.807, 2.05) is 43.5 Å². The third-order valence-electron chi connectivity index (χ3n) is 10.1. The fourth-order valence-electron chi connectivity index (χ4n) is 7.38. The minimum absolute atomic E-state index is 0.198. The zero-order valence-electron chi connectivity index (χ0n) is 30.4. The smallest absolute Gasteiger partial charge is 0.305 e. The first kappa shape index (κ1) is 36.1. The predicted octanol–water partition coefficient (Wildman–Crippen LogP) is 4.57. The van der Waals surface area contributed by atoms with Crippen molar-refractivity contribution in [2.75, 3.05) is 6.61 Å². The number of nitrogens with one attached hydrogen (secondary N) is 1. The van der Waals surface area contributed by atoms with E-state index in [4.69, 9.17) is 9.47 Å². The summed E-state index contributed by atoms with van der Waals surface area (Å²) in [6, 6.07) is 15.3. The van der Waals surface area contributed by atoms with Crippen molar-refractivity contribution in [1.29, 1.82) is 0 Å². The molecule has 14 heteroatoms. The van der Waals surface area contributed by atoms with E-state index in [2.05, 4.69) is 49.2 Å². The number of imide groups is 1. The summed E-state index contributed by atoms with van der Waals surface area (Å²) in [6.45, 7) is 3.96. The third kappa shape index (κ3) is 7.71. The van der Waals surface area contributed by atoms with Crippen molar-refractivity contribution in [3.8, 4) is 16.8 Å². The molecule has 0 saturated carbocycles.